The molecular weight excluding hydrogens is 254 g/mol. The molecule has 0 aliphatic heterocycles. The molecular formula is C15H29N3O2. The summed E-state index contributed by atoms with van der Waals surface area (Å²) in [6, 6.07) is 0. The number of nitrogens with two attached hydrogens (primary N) is 1. The first-order valence-corrected chi connectivity index (χ1v) is 7.68. The maximum Gasteiger partial charge on any atom is 0.241 e. The maximum absolute atomic E-state index is 12.6. The van der Waals surface area contributed by atoms with Gasteiger partial charge in [0.1, 0.15) is 0 Å². The molecule has 0 spiro atoms. The fourth-order valence-electron chi connectivity index (χ4n) is 2.92. The van der Waals surface area contributed by atoms with Crippen molar-refractivity contribution in [3.63, 3.8) is 0 Å². The first-order valence-electron chi connectivity index (χ1n) is 7.68. The van der Waals surface area contributed by atoms with E-state index in [0.29, 0.717) is 19.0 Å². The van der Waals surface area contributed by atoms with Crippen LogP contribution >= 0.6 is 0 Å². The van der Waals surface area contributed by atoms with Crippen molar-refractivity contribution in [3.05, 3.63) is 0 Å². The summed E-state index contributed by atoms with van der Waals surface area (Å²) >= 11 is 0. The Kier molecular flexibility index (Phi) is 6.99. The molecule has 0 bridgehead atoms. The second-order valence-electron chi connectivity index (χ2n) is 5.95. The van der Waals surface area contributed by atoms with Crippen LogP contribution < -0.4 is 5.73 Å². The minimum absolute atomic E-state index is 0.0190. The molecule has 0 radical (unpaired) electrons. The number of amides is 2. The number of rotatable bonds is 6. The average Bonchev–Trinajstić information content (AvgIpc) is 2.44. The van der Waals surface area contributed by atoms with E-state index in [4.69, 9.17) is 5.73 Å². The summed E-state index contributed by atoms with van der Waals surface area (Å²) in [4.78, 5) is 27.6. The smallest absolute Gasteiger partial charge is 0.241 e. The average molecular weight is 283 g/mol. The van der Waals surface area contributed by atoms with Gasteiger partial charge in [0, 0.05) is 26.6 Å². The summed E-state index contributed by atoms with van der Waals surface area (Å²) in [6.07, 6.45) is 5.17. The van der Waals surface area contributed by atoms with Gasteiger partial charge >= 0.3 is 0 Å². The Balaban J connectivity index is 2.58. The number of carbonyl (C=O) groups is 2. The molecule has 20 heavy (non-hydrogen) atoms. The van der Waals surface area contributed by atoms with E-state index < -0.39 is 0 Å². The molecule has 0 saturated heterocycles. The van der Waals surface area contributed by atoms with Crippen LogP contribution in [0.15, 0.2) is 0 Å². The zero-order valence-corrected chi connectivity index (χ0v) is 13.1. The number of carbonyl (C=O) groups excluding carboxylic acids is 2. The third-order valence-electron chi connectivity index (χ3n) is 4.23. The number of hydrogen-bond acceptors (Lipinski definition) is 3. The summed E-state index contributed by atoms with van der Waals surface area (Å²) < 4.78 is 0. The molecule has 2 amide bonds. The number of hydrogen-bond donors (Lipinski definition) is 1. The zero-order valence-electron chi connectivity index (χ0n) is 13.1. The van der Waals surface area contributed by atoms with Crippen LogP contribution in [-0.4, -0.2) is 55.3 Å². The first kappa shape index (κ1) is 17.0. The molecule has 5 nitrogen and oxygen atoms in total. The van der Waals surface area contributed by atoms with Crippen molar-refractivity contribution in [1.82, 2.24) is 9.80 Å². The van der Waals surface area contributed by atoms with E-state index in [0.717, 1.165) is 25.7 Å². The van der Waals surface area contributed by atoms with Crippen molar-refractivity contribution in [2.45, 2.75) is 39.0 Å². The summed E-state index contributed by atoms with van der Waals surface area (Å²) in [5.74, 6) is 0.778. The third kappa shape index (κ3) is 4.78. The van der Waals surface area contributed by atoms with Gasteiger partial charge in [-0.2, -0.15) is 0 Å². The highest BCUT2D eigenvalue weighted by Crippen LogP contribution is 2.32. The SMILES string of the molecule is CCN(CC(=O)N(C)C)C(=O)C1CCCC(CCN)C1. The van der Waals surface area contributed by atoms with Gasteiger partial charge in [0.25, 0.3) is 0 Å². The van der Waals surface area contributed by atoms with E-state index in [1.165, 1.54) is 11.3 Å². The molecule has 0 heterocycles. The quantitative estimate of drug-likeness (QED) is 0.793. The molecule has 1 rings (SSSR count). The van der Waals surface area contributed by atoms with Crippen LogP contribution in [0.5, 0.6) is 0 Å². The Morgan fingerprint density at radius 1 is 1.25 bits per heavy atom. The fourth-order valence-corrected chi connectivity index (χ4v) is 2.92. The monoisotopic (exact) mass is 283 g/mol. The fraction of sp³-hybridized carbons (Fsp3) is 0.867. The lowest BCUT2D eigenvalue weighted by molar-refractivity contribution is -0.142. The predicted molar refractivity (Wildman–Crippen MR) is 80.1 cm³/mol. The van der Waals surface area contributed by atoms with Crippen LogP contribution in [0.25, 0.3) is 0 Å². The molecule has 0 aromatic rings. The summed E-state index contributed by atoms with van der Waals surface area (Å²) in [7, 11) is 3.44. The second-order valence-corrected chi connectivity index (χ2v) is 5.95. The maximum atomic E-state index is 12.6. The van der Waals surface area contributed by atoms with E-state index in [1.807, 2.05) is 6.92 Å². The lowest BCUT2D eigenvalue weighted by Crippen LogP contribution is -2.43. The van der Waals surface area contributed by atoms with Gasteiger partial charge in [0.2, 0.25) is 11.8 Å². The van der Waals surface area contributed by atoms with Crippen molar-refractivity contribution in [3.8, 4) is 0 Å². The Hall–Kier alpha value is -1.10. The molecule has 116 valence electrons. The normalized spacial score (nSPS) is 22.4. The Bertz CT molecular complexity index is 329. The van der Waals surface area contributed by atoms with Crippen LogP contribution in [0.1, 0.15) is 39.0 Å². The van der Waals surface area contributed by atoms with E-state index in [-0.39, 0.29) is 24.3 Å². The molecule has 0 aromatic heterocycles. The molecule has 2 atom stereocenters. The van der Waals surface area contributed by atoms with Crippen molar-refractivity contribution in [2.75, 3.05) is 33.7 Å². The standard InChI is InChI=1S/C15H29N3O2/c1-4-18(11-14(19)17(2)3)15(20)13-7-5-6-12(10-13)8-9-16/h12-13H,4-11,16H2,1-3H3. The predicted octanol–water partition coefficient (Wildman–Crippen LogP) is 1.08. The Labute approximate surface area is 122 Å². The van der Waals surface area contributed by atoms with Crippen LogP contribution in [0.3, 0.4) is 0 Å². The van der Waals surface area contributed by atoms with Crippen molar-refractivity contribution in [1.29, 1.82) is 0 Å². The van der Waals surface area contributed by atoms with Gasteiger partial charge in [-0.15, -0.1) is 0 Å². The van der Waals surface area contributed by atoms with Gasteiger partial charge in [-0.1, -0.05) is 12.8 Å². The van der Waals surface area contributed by atoms with Crippen LogP contribution in [-0.2, 0) is 9.59 Å². The van der Waals surface area contributed by atoms with Crippen molar-refractivity contribution >= 4 is 11.8 Å². The molecule has 1 aliphatic carbocycles. The van der Waals surface area contributed by atoms with E-state index in [9.17, 15) is 9.59 Å². The van der Waals surface area contributed by atoms with Gasteiger partial charge in [-0.05, 0) is 38.6 Å². The Morgan fingerprint density at radius 3 is 2.50 bits per heavy atom. The topological polar surface area (TPSA) is 66.6 Å². The van der Waals surface area contributed by atoms with Gasteiger partial charge in [0.05, 0.1) is 6.54 Å². The van der Waals surface area contributed by atoms with Gasteiger partial charge < -0.3 is 15.5 Å². The van der Waals surface area contributed by atoms with Crippen LogP contribution in [0.2, 0.25) is 0 Å². The summed E-state index contributed by atoms with van der Waals surface area (Å²) in [5, 5.41) is 0. The Morgan fingerprint density at radius 2 is 1.95 bits per heavy atom. The minimum atomic E-state index is -0.0190. The van der Waals surface area contributed by atoms with Crippen LogP contribution in [0, 0.1) is 11.8 Å². The molecule has 1 fully saturated rings. The number of nitrogens with zero attached hydrogens (tertiary/aromatic N) is 2. The molecule has 5 heteroatoms. The molecule has 1 aliphatic rings. The summed E-state index contributed by atoms with van der Waals surface area (Å²) in [6.45, 7) is 3.42. The van der Waals surface area contributed by atoms with E-state index in [1.54, 1.807) is 19.0 Å². The lowest BCUT2D eigenvalue weighted by Gasteiger charge is -2.32. The van der Waals surface area contributed by atoms with Crippen molar-refractivity contribution in [2.24, 2.45) is 17.6 Å². The second kappa shape index (κ2) is 8.25. The summed E-state index contributed by atoms with van der Waals surface area (Å²) in [5.41, 5.74) is 5.62. The molecule has 2 unspecified atom stereocenters. The minimum Gasteiger partial charge on any atom is -0.347 e. The van der Waals surface area contributed by atoms with Gasteiger partial charge in [-0.3, -0.25) is 9.59 Å². The highest BCUT2D eigenvalue weighted by Gasteiger charge is 2.30. The highest BCUT2D eigenvalue weighted by atomic mass is 16.2. The molecule has 0 aromatic carbocycles. The zero-order chi connectivity index (χ0) is 15.1. The first-order chi connectivity index (χ1) is 9.49. The molecule has 2 N–H and O–H groups in total. The molecule has 1 saturated carbocycles. The van der Waals surface area contributed by atoms with Crippen molar-refractivity contribution < 1.29 is 9.59 Å². The van der Waals surface area contributed by atoms with Crippen LogP contribution in [0.4, 0.5) is 0 Å². The third-order valence-corrected chi connectivity index (χ3v) is 4.23. The largest absolute Gasteiger partial charge is 0.347 e. The van der Waals surface area contributed by atoms with E-state index in [2.05, 4.69) is 0 Å². The highest BCUT2D eigenvalue weighted by molar-refractivity contribution is 5.85. The van der Waals surface area contributed by atoms with E-state index >= 15 is 0 Å². The number of likely N-dealkylation sites (N-methyl/N-ethyl adjacent to an activating group) is 2. The lowest BCUT2D eigenvalue weighted by atomic mass is 9.79. The van der Waals surface area contributed by atoms with Gasteiger partial charge in [-0.25, -0.2) is 0 Å². The van der Waals surface area contributed by atoms with Gasteiger partial charge in [0.15, 0.2) is 0 Å².